The zero-order valence-electron chi connectivity index (χ0n) is 11.7. The van der Waals surface area contributed by atoms with Crippen molar-refractivity contribution in [2.24, 2.45) is 0 Å². The van der Waals surface area contributed by atoms with E-state index < -0.39 is 0 Å². The Morgan fingerprint density at radius 1 is 1.10 bits per heavy atom. The van der Waals surface area contributed by atoms with Crippen molar-refractivity contribution in [2.45, 2.75) is 13.5 Å². The molecule has 2 nitrogen and oxygen atoms in total. The van der Waals surface area contributed by atoms with E-state index in [9.17, 15) is 4.39 Å². The highest BCUT2D eigenvalue weighted by Gasteiger charge is 2.09. The minimum Gasteiger partial charge on any atom is -0.342 e. The van der Waals surface area contributed by atoms with Crippen LogP contribution in [0.15, 0.2) is 46.9 Å². The third-order valence-corrected chi connectivity index (χ3v) is 3.91. The first-order valence-corrected chi connectivity index (χ1v) is 7.41. The molecule has 0 radical (unpaired) electrons. The molecule has 1 N–H and O–H groups in total. The number of benzene rings is 2. The van der Waals surface area contributed by atoms with Crippen LogP contribution in [-0.4, -0.2) is 13.6 Å². The molecule has 4 heteroatoms. The summed E-state index contributed by atoms with van der Waals surface area (Å²) in [4.78, 5) is 2.15. The summed E-state index contributed by atoms with van der Waals surface area (Å²) in [6.45, 7) is 3.73. The Morgan fingerprint density at radius 3 is 2.30 bits per heavy atom. The third kappa shape index (κ3) is 3.38. The first kappa shape index (κ1) is 15.0. The molecule has 20 heavy (non-hydrogen) atoms. The number of halogens is 2. The predicted molar refractivity (Wildman–Crippen MR) is 86.0 cm³/mol. The molecule has 2 aromatic rings. The van der Waals surface area contributed by atoms with E-state index in [1.165, 1.54) is 17.7 Å². The van der Waals surface area contributed by atoms with Gasteiger partial charge in [0.1, 0.15) is 5.82 Å². The van der Waals surface area contributed by atoms with Crippen LogP contribution in [-0.2, 0) is 6.54 Å². The Morgan fingerprint density at radius 2 is 1.75 bits per heavy atom. The van der Waals surface area contributed by atoms with Crippen LogP contribution < -0.4 is 10.2 Å². The normalized spacial score (nSPS) is 10.6. The molecular formula is C16H18BrFN2. The van der Waals surface area contributed by atoms with Gasteiger partial charge in [-0.05, 0) is 55.9 Å². The monoisotopic (exact) mass is 336 g/mol. The summed E-state index contributed by atoms with van der Waals surface area (Å²) in [7, 11) is 1.93. The van der Waals surface area contributed by atoms with Crippen LogP contribution in [0.1, 0.15) is 12.5 Å². The van der Waals surface area contributed by atoms with Gasteiger partial charge in [0, 0.05) is 28.9 Å². The second-order valence-corrected chi connectivity index (χ2v) is 5.38. The summed E-state index contributed by atoms with van der Waals surface area (Å²) >= 11 is 3.60. The largest absolute Gasteiger partial charge is 0.342 e. The lowest BCUT2D eigenvalue weighted by Crippen LogP contribution is -2.16. The van der Waals surface area contributed by atoms with E-state index in [1.807, 2.05) is 7.05 Å². The van der Waals surface area contributed by atoms with Crippen molar-refractivity contribution >= 4 is 27.3 Å². The van der Waals surface area contributed by atoms with Crippen molar-refractivity contribution in [1.82, 2.24) is 5.32 Å². The molecule has 2 rings (SSSR count). The van der Waals surface area contributed by atoms with Crippen LogP contribution in [0.3, 0.4) is 0 Å². The molecule has 0 spiro atoms. The summed E-state index contributed by atoms with van der Waals surface area (Å²) < 4.78 is 14.1. The molecule has 0 fully saturated rings. The predicted octanol–water partition coefficient (Wildman–Crippen LogP) is 4.47. The second-order valence-electron chi connectivity index (χ2n) is 4.53. The standard InChI is InChI=1S/C16H18BrFN2/c1-3-20(14-8-5-13(18)6-9-14)15-7-4-12(11-19-2)16(17)10-15/h4-10,19H,3,11H2,1-2H3. The molecule has 0 saturated heterocycles. The number of hydrogen-bond donors (Lipinski definition) is 1. The first-order chi connectivity index (χ1) is 9.65. The maximum absolute atomic E-state index is 13.0. The molecule has 0 aliphatic rings. The molecule has 0 aliphatic carbocycles. The number of rotatable bonds is 5. The third-order valence-electron chi connectivity index (χ3n) is 3.17. The van der Waals surface area contributed by atoms with Crippen molar-refractivity contribution in [3.8, 4) is 0 Å². The van der Waals surface area contributed by atoms with Gasteiger partial charge in [0.2, 0.25) is 0 Å². The molecule has 0 amide bonds. The lowest BCUT2D eigenvalue weighted by molar-refractivity contribution is 0.628. The molecule has 106 valence electrons. The van der Waals surface area contributed by atoms with Crippen LogP contribution in [0, 0.1) is 5.82 Å². The summed E-state index contributed by atoms with van der Waals surface area (Å²) in [5.74, 6) is -0.213. The lowest BCUT2D eigenvalue weighted by Gasteiger charge is -2.24. The first-order valence-electron chi connectivity index (χ1n) is 6.62. The molecular weight excluding hydrogens is 319 g/mol. The Hall–Kier alpha value is -1.39. The minimum atomic E-state index is -0.213. The molecule has 0 aliphatic heterocycles. The maximum atomic E-state index is 13.0. The fraction of sp³-hybridized carbons (Fsp3) is 0.250. The zero-order valence-corrected chi connectivity index (χ0v) is 13.2. The number of hydrogen-bond acceptors (Lipinski definition) is 2. The SMILES string of the molecule is CCN(c1ccc(F)cc1)c1ccc(CNC)c(Br)c1. The van der Waals surface area contributed by atoms with Gasteiger partial charge in [-0.1, -0.05) is 22.0 Å². The van der Waals surface area contributed by atoms with Gasteiger partial charge in [-0.3, -0.25) is 0 Å². The van der Waals surface area contributed by atoms with E-state index in [0.29, 0.717) is 0 Å². The summed E-state index contributed by atoms with van der Waals surface area (Å²) in [6.07, 6.45) is 0. The van der Waals surface area contributed by atoms with Crippen molar-refractivity contribution in [2.75, 3.05) is 18.5 Å². The highest BCUT2D eigenvalue weighted by Crippen LogP contribution is 2.29. The Labute approximate surface area is 127 Å². The van der Waals surface area contributed by atoms with E-state index in [1.54, 1.807) is 12.1 Å². The van der Waals surface area contributed by atoms with Crippen molar-refractivity contribution in [3.63, 3.8) is 0 Å². The van der Waals surface area contributed by atoms with Crippen LogP contribution in [0.5, 0.6) is 0 Å². The fourth-order valence-electron chi connectivity index (χ4n) is 2.17. The number of anilines is 2. The van der Waals surface area contributed by atoms with E-state index >= 15 is 0 Å². The van der Waals surface area contributed by atoms with Gasteiger partial charge in [-0.2, -0.15) is 0 Å². The highest BCUT2D eigenvalue weighted by atomic mass is 79.9. The van der Waals surface area contributed by atoms with Gasteiger partial charge in [0.25, 0.3) is 0 Å². The summed E-state index contributed by atoms with van der Waals surface area (Å²) in [6, 6.07) is 12.9. The highest BCUT2D eigenvalue weighted by molar-refractivity contribution is 9.10. The molecule has 2 aromatic carbocycles. The van der Waals surface area contributed by atoms with Gasteiger partial charge in [0.15, 0.2) is 0 Å². The quantitative estimate of drug-likeness (QED) is 0.866. The van der Waals surface area contributed by atoms with Crippen LogP contribution in [0.2, 0.25) is 0 Å². The second kappa shape index (κ2) is 6.86. The topological polar surface area (TPSA) is 15.3 Å². The maximum Gasteiger partial charge on any atom is 0.123 e. The van der Waals surface area contributed by atoms with Gasteiger partial charge >= 0.3 is 0 Å². The van der Waals surface area contributed by atoms with Gasteiger partial charge in [-0.15, -0.1) is 0 Å². The molecule has 0 heterocycles. The van der Waals surface area contributed by atoms with Crippen LogP contribution in [0.25, 0.3) is 0 Å². The number of nitrogens with one attached hydrogen (secondary N) is 1. The molecule has 0 atom stereocenters. The average molecular weight is 337 g/mol. The Bertz CT molecular complexity index is 569. The van der Waals surface area contributed by atoms with Gasteiger partial charge in [-0.25, -0.2) is 4.39 Å². The van der Waals surface area contributed by atoms with E-state index in [4.69, 9.17) is 0 Å². The van der Waals surface area contributed by atoms with Crippen LogP contribution >= 0.6 is 15.9 Å². The van der Waals surface area contributed by atoms with Crippen molar-refractivity contribution in [3.05, 3.63) is 58.3 Å². The molecule has 0 saturated carbocycles. The Balaban J connectivity index is 2.32. The van der Waals surface area contributed by atoms with E-state index in [2.05, 4.69) is 51.3 Å². The fourth-order valence-corrected chi connectivity index (χ4v) is 2.68. The molecule has 0 aromatic heterocycles. The van der Waals surface area contributed by atoms with Crippen molar-refractivity contribution < 1.29 is 4.39 Å². The van der Waals surface area contributed by atoms with Gasteiger partial charge < -0.3 is 10.2 Å². The average Bonchev–Trinajstić information content (AvgIpc) is 2.45. The van der Waals surface area contributed by atoms with E-state index in [0.717, 1.165) is 28.9 Å². The zero-order chi connectivity index (χ0) is 14.5. The van der Waals surface area contributed by atoms with E-state index in [-0.39, 0.29) is 5.82 Å². The van der Waals surface area contributed by atoms with Crippen molar-refractivity contribution in [1.29, 1.82) is 0 Å². The Kier molecular flexibility index (Phi) is 5.15. The summed E-state index contributed by atoms with van der Waals surface area (Å²) in [5, 5.41) is 3.14. The summed E-state index contributed by atoms with van der Waals surface area (Å²) in [5.41, 5.74) is 3.29. The minimum absolute atomic E-state index is 0.213. The van der Waals surface area contributed by atoms with Gasteiger partial charge in [0.05, 0.1) is 0 Å². The number of nitrogens with zero attached hydrogens (tertiary/aromatic N) is 1. The smallest absolute Gasteiger partial charge is 0.123 e. The molecule has 0 bridgehead atoms. The van der Waals surface area contributed by atoms with Crippen LogP contribution in [0.4, 0.5) is 15.8 Å². The molecule has 0 unspecified atom stereocenters. The lowest BCUT2D eigenvalue weighted by atomic mass is 10.1.